The highest BCUT2D eigenvalue weighted by molar-refractivity contribution is 8.06. The van der Waals surface area contributed by atoms with Gasteiger partial charge in [0.05, 0.1) is 0 Å². The molecule has 0 aliphatic rings. The Morgan fingerprint density at radius 2 is 1.35 bits per heavy atom. The smallest absolute Gasteiger partial charge is 0.0119 e. The van der Waals surface area contributed by atoms with Crippen molar-refractivity contribution in [3.05, 3.63) is 71.0 Å². The number of thioether (sulfide) groups is 2. The third kappa shape index (κ3) is 4.33. The van der Waals surface area contributed by atoms with Crippen molar-refractivity contribution in [3.8, 4) is 0 Å². The Kier molecular flexibility index (Phi) is 4.77. The van der Waals surface area contributed by atoms with Gasteiger partial charge in [-0.05, 0) is 41.5 Å². The molecule has 0 atom stereocenters. The van der Waals surface area contributed by atoms with E-state index in [4.69, 9.17) is 0 Å². The van der Waals surface area contributed by atoms with E-state index >= 15 is 0 Å². The first kappa shape index (κ1) is 12.3. The van der Waals surface area contributed by atoms with Crippen molar-refractivity contribution in [2.24, 2.45) is 0 Å². The first-order chi connectivity index (χ1) is 8.34. The van der Waals surface area contributed by atoms with E-state index in [1.54, 1.807) is 23.5 Å². The van der Waals surface area contributed by atoms with Crippen LogP contribution in [-0.4, -0.2) is 0 Å². The second-order valence-corrected chi connectivity index (χ2v) is 5.84. The molecule has 2 heteroatoms. The lowest BCUT2D eigenvalue weighted by Gasteiger charge is -2.01. The molecule has 0 fully saturated rings. The van der Waals surface area contributed by atoms with Crippen molar-refractivity contribution >= 4 is 23.5 Å². The number of hydrogen-bond donors (Lipinski definition) is 0. The van der Waals surface area contributed by atoms with Crippen LogP contribution in [0.4, 0.5) is 0 Å². The zero-order valence-electron chi connectivity index (χ0n) is 9.67. The minimum absolute atomic E-state index is 1.28. The summed E-state index contributed by atoms with van der Waals surface area (Å²) in [6, 6.07) is 20.9. The minimum atomic E-state index is 1.28. The summed E-state index contributed by atoms with van der Waals surface area (Å²) < 4.78 is 0. The lowest BCUT2D eigenvalue weighted by molar-refractivity contribution is 1.46. The Morgan fingerprint density at radius 3 is 1.94 bits per heavy atom. The summed E-state index contributed by atoms with van der Waals surface area (Å²) in [5.74, 6) is 0. The lowest BCUT2D eigenvalue weighted by Crippen LogP contribution is -1.71. The van der Waals surface area contributed by atoms with E-state index in [0.29, 0.717) is 0 Å². The Hall–Kier alpha value is -1.12. The first-order valence-electron chi connectivity index (χ1n) is 5.46. The molecule has 86 valence electrons. The van der Waals surface area contributed by atoms with Gasteiger partial charge in [0.25, 0.3) is 0 Å². The van der Waals surface area contributed by atoms with Crippen LogP contribution in [0.15, 0.2) is 80.8 Å². The molecule has 2 aromatic rings. The average molecular weight is 258 g/mol. The van der Waals surface area contributed by atoms with Crippen LogP contribution in [0.3, 0.4) is 0 Å². The highest BCUT2D eigenvalue weighted by Gasteiger charge is 1.95. The van der Waals surface area contributed by atoms with Crippen molar-refractivity contribution in [1.29, 1.82) is 0 Å². The zero-order valence-corrected chi connectivity index (χ0v) is 11.3. The fourth-order valence-electron chi connectivity index (χ4n) is 1.35. The highest BCUT2D eigenvalue weighted by atomic mass is 32.2. The predicted octanol–water partition coefficient (Wildman–Crippen LogP) is 5.43. The molecular formula is C15H14S2. The van der Waals surface area contributed by atoms with E-state index in [1.165, 1.54) is 14.7 Å². The average Bonchev–Trinajstić information content (AvgIpc) is 2.39. The number of allylic oxidation sites excluding steroid dienone is 1. The Balaban J connectivity index is 1.94. The third-order valence-corrected chi connectivity index (χ3v) is 4.24. The molecular weight excluding hydrogens is 244 g/mol. The SMILES string of the molecule is C/C(=C/Sc1ccccc1)Sc1ccccc1. The second-order valence-electron chi connectivity index (χ2n) is 3.57. The molecule has 0 saturated carbocycles. The van der Waals surface area contributed by atoms with Crippen LogP contribution in [0.1, 0.15) is 6.92 Å². The molecule has 0 spiro atoms. The van der Waals surface area contributed by atoms with Gasteiger partial charge in [0.2, 0.25) is 0 Å². The van der Waals surface area contributed by atoms with E-state index in [1.807, 2.05) is 12.1 Å². The molecule has 0 saturated heterocycles. The normalized spacial score (nSPS) is 11.5. The van der Waals surface area contributed by atoms with Gasteiger partial charge in [0.15, 0.2) is 0 Å². The van der Waals surface area contributed by atoms with E-state index in [-0.39, 0.29) is 0 Å². The molecule has 0 radical (unpaired) electrons. The molecule has 17 heavy (non-hydrogen) atoms. The number of rotatable bonds is 4. The highest BCUT2D eigenvalue weighted by Crippen LogP contribution is 2.29. The first-order valence-corrected chi connectivity index (χ1v) is 7.15. The fraction of sp³-hybridized carbons (Fsp3) is 0.0667. The van der Waals surface area contributed by atoms with E-state index in [0.717, 1.165) is 0 Å². The van der Waals surface area contributed by atoms with Gasteiger partial charge in [-0.2, -0.15) is 0 Å². The van der Waals surface area contributed by atoms with Crippen LogP contribution < -0.4 is 0 Å². The quantitative estimate of drug-likeness (QED) is 0.670. The molecule has 0 N–H and O–H groups in total. The molecule has 0 amide bonds. The Labute approximate surface area is 111 Å². The maximum atomic E-state index is 2.20. The summed E-state index contributed by atoms with van der Waals surface area (Å²) >= 11 is 3.57. The Bertz CT molecular complexity index is 475. The van der Waals surface area contributed by atoms with Crippen molar-refractivity contribution < 1.29 is 0 Å². The monoisotopic (exact) mass is 258 g/mol. The number of hydrogen-bond acceptors (Lipinski definition) is 2. The minimum Gasteiger partial charge on any atom is -0.0973 e. The standard InChI is InChI=1S/C15H14S2/c1-13(17-15-10-6-3-7-11-15)12-16-14-8-4-2-5-9-14/h2-12H,1H3/b13-12-. The number of benzene rings is 2. The van der Waals surface area contributed by atoms with Crippen LogP contribution in [0.25, 0.3) is 0 Å². The van der Waals surface area contributed by atoms with Crippen molar-refractivity contribution in [2.45, 2.75) is 16.7 Å². The van der Waals surface area contributed by atoms with Gasteiger partial charge in [-0.15, -0.1) is 0 Å². The Morgan fingerprint density at radius 1 is 0.824 bits per heavy atom. The maximum Gasteiger partial charge on any atom is 0.0119 e. The van der Waals surface area contributed by atoms with Crippen LogP contribution in [0.2, 0.25) is 0 Å². The lowest BCUT2D eigenvalue weighted by atomic mass is 10.4. The molecule has 2 aromatic carbocycles. The van der Waals surface area contributed by atoms with Crippen molar-refractivity contribution in [1.82, 2.24) is 0 Å². The summed E-state index contributed by atoms with van der Waals surface area (Å²) in [6.45, 7) is 2.15. The van der Waals surface area contributed by atoms with Gasteiger partial charge in [-0.1, -0.05) is 59.9 Å². The summed E-state index contributed by atoms with van der Waals surface area (Å²) in [7, 11) is 0. The molecule has 2 rings (SSSR count). The molecule has 0 bridgehead atoms. The summed E-state index contributed by atoms with van der Waals surface area (Å²) in [4.78, 5) is 3.88. The fourth-order valence-corrected chi connectivity index (χ4v) is 2.97. The summed E-state index contributed by atoms with van der Waals surface area (Å²) in [5.41, 5.74) is 0. The van der Waals surface area contributed by atoms with Crippen molar-refractivity contribution in [2.75, 3.05) is 0 Å². The van der Waals surface area contributed by atoms with E-state index in [2.05, 4.69) is 60.9 Å². The summed E-state index contributed by atoms with van der Waals surface area (Å²) in [5, 5.41) is 2.20. The van der Waals surface area contributed by atoms with Gasteiger partial charge >= 0.3 is 0 Å². The molecule has 0 heterocycles. The summed E-state index contributed by atoms with van der Waals surface area (Å²) in [6.07, 6.45) is 0. The topological polar surface area (TPSA) is 0 Å². The van der Waals surface area contributed by atoms with Gasteiger partial charge in [-0.3, -0.25) is 0 Å². The zero-order chi connectivity index (χ0) is 11.9. The molecule has 0 aliphatic heterocycles. The predicted molar refractivity (Wildman–Crippen MR) is 78.4 cm³/mol. The van der Waals surface area contributed by atoms with Gasteiger partial charge in [-0.25, -0.2) is 0 Å². The second kappa shape index (κ2) is 6.58. The van der Waals surface area contributed by atoms with Gasteiger partial charge in [0.1, 0.15) is 0 Å². The van der Waals surface area contributed by atoms with E-state index < -0.39 is 0 Å². The third-order valence-electron chi connectivity index (χ3n) is 2.13. The van der Waals surface area contributed by atoms with Gasteiger partial charge < -0.3 is 0 Å². The van der Waals surface area contributed by atoms with Crippen LogP contribution in [-0.2, 0) is 0 Å². The van der Waals surface area contributed by atoms with Crippen molar-refractivity contribution in [3.63, 3.8) is 0 Å². The molecule has 0 aliphatic carbocycles. The molecule has 0 aromatic heterocycles. The molecule has 0 nitrogen and oxygen atoms in total. The van der Waals surface area contributed by atoms with Gasteiger partial charge in [0, 0.05) is 9.79 Å². The van der Waals surface area contributed by atoms with E-state index in [9.17, 15) is 0 Å². The largest absolute Gasteiger partial charge is 0.0973 e. The maximum absolute atomic E-state index is 2.20. The van der Waals surface area contributed by atoms with Crippen LogP contribution in [0, 0.1) is 0 Å². The molecule has 0 unspecified atom stereocenters. The van der Waals surface area contributed by atoms with Crippen LogP contribution >= 0.6 is 23.5 Å². The van der Waals surface area contributed by atoms with Crippen LogP contribution in [0.5, 0.6) is 0 Å².